The van der Waals surface area contributed by atoms with Crippen molar-refractivity contribution in [2.75, 3.05) is 7.11 Å². The van der Waals surface area contributed by atoms with Crippen molar-refractivity contribution in [3.8, 4) is 5.75 Å². The van der Waals surface area contributed by atoms with Gasteiger partial charge in [0.05, 0.1) is 24.1 Å². The molecule has 0 spiro atoms. The maximum Gasteiger partial charge on any atom is 0.273 e. The zero-order valence-corrected chi connectivity index (χ0v) is 12.9. The highest BCUT2D eigenvalue weighted by Crippen LogP contribution is 2.24. The topological polar surface area (TPSA) is 77.3 Å². The molecule has 2 rings (SSSR count). The number of thiazole rings is 1. The number of rotatable bonds is 6. The third kappa shape index (κ3) is 3.99. The number of aryl methyl sites for hydroxylation is 1. The molecule has 2 aromatic rings. The lowest BCUT2D eigenvalue weighted by Crippen LogP contribution is -2.18. The molecule has 0 fully saturated rings. The molecule has 1 aromatic heterocycles. The van der Waals surface area contributed by atoms with Crippen LogP contribution in [0.25, 0.3) is 0 Å². The second kappa shape index (κ2) is 6.64. The molecule has 1 aromatic carbocycles. The first kappa shape index (κ1) is 15.4. The minimum Gasteiger partial charge on any atom is -0.496 e. The Hall–Kier alpha value is -1.99. The van der Waals surface area contributed by atoms with Gasteiger partial charge in [0.2, 0.25) is 0 Å². The number of hydrogen-bond acceptors (Lipinski definition) is 6. The normalized spacial score (nSPS) is 12.1. The second-order valence-corrected chi connectivity index (χ2v) is 5.97. The fraction of sp³-hybridized carbons (Fsp3) is 0.357. The third-order valence-corrected chi connectivity index (χ3v) is 4.12. The third-order valence-electron chi connectivity index (χ3n) is 3.02. The van der Waals surface area contributed by atoms with Gasteiger partial charge in [0, 0.05) is 23.7 Å². The Morgan fingerprint density at radius 1 is 1.48 bits per heavy atom. The molecule has 21 heavy (non-hydrogen) atoms. The fourth-order valence-electron chi connectivity index (χ4n) is 1.90. The molecular formula is C14H17N3O3S. The molecule has 7 heteroatoms. The zero-order chi connectivity index (χ0) is 15.4. The predicted octanol–water partition coefficient (Wildman–Crippen LogP) is 3.22. The van der Waals surface area contributed by atoms with Crippen LogP contribution < -0.4 is 10.1 Å². The quantitative estimate of drug-likeness (QED) is 0.655. The van der Waals surface area contributed by atoms with Crippen molar-refractivity contribution >= 4 is 17.0 Å². The van der Waals surface area contributed by atoms with Crippen molar-refractivity contribution in [3.05, 3.63) is 50.0 Å². The molecule has 0 bridgehead atoms. The van der Waals surface area contributed by atoms with E-state index in [4.69, 9.17) is 4.74 Å². The van der Waals surface area contributed by atoms with E-state index in [0.29, 0.717) is 12.3 Å². The van der Waals surface area contributed by atoms with Crippen LogP contribution in [0.5, 0.6) is 5.75 Å². The van der Waals surface area contributed by atoms with Crippen LogP contribution in [0.3, 0.4) is 0 Å². The van der Waals surface area contributed by atoms with E-state index in [-0.39, 0.29) is 11.7 Å². The van der Waals surface area contributed by atoms with Crippen LogP contribution in [0, 0.1) is 17.0 Å². The van der Waals surface area contributed by atoms with Gasteiger partial charge >= 0.3 is 0 Å². The van der Waals surface area contributed by atoms with Gasteiger partial charge in [-0.3, -0.25) is 10.1 Å². The molecular weight excluding hydrogens is 290 g/mol. The van der Waals surface area contributed by atoms with Crippen molar-refractivity contribution in [3.63, 3.8) is 0 Å². The SMILES string of the molecule is COc1cc(CNC(C)c2ncc(C)s2)cc([N+](=O)[O-])c1. The molecule has 0 amide bonds. The predicted molar refractivity (Wildman–Crippen MR) is 81.8 cm³/mol. The van der Waals surface area contributed by atoms with Gasteiger partial charge in [-0.15, -0.1) is 11.3 Å². The van der Waals surface area contributed by atoms with Gasteiger partial charge in [-0.25, -0.2) is 4.98 Å². The van der Waals surface area contributed by atoms with Crippen molar-refractivity contribution in [1.82, 2.24) is 10.3 Å². The number of non-ortho nitro benzene ring substituents is 1. The minimum atomic E-state index is -0.417. The van der Waals surface area contributed by atoms with Gasteiger partial charge in [0.1, 0.15) is 10.8 Å². The van der Waals surface area contributed by atoms with Crippen LogP contribution >= 0.6 is 11.3 Å². The second-order valence-electron chi connectivity index (χ2n) is 4.71. The number of nitro benzene ring substituents is 1. The molecule has 112 valence electrons. The lowest BCUT2D eigenvalue weighted by Gasteiger charge is -2.11. The van der Waals surface area contributed by atoms with E-state index in [2.05, 4.69) is 10.3 Å². The molecule has 0 aliphatic carbocycles. The number of nitrogens with zero attached hydrogens (tertiary/aromatic N) is 2. The van der Waals surface area contributed by atoms with Gasteiger partial charge in [0.15, 0.2) is 0 Å². The van der Waals surface area contributed by atoms with Gasteiger partial charge in [0.25, 0.3) is 5.69 Å². The van der Waals surface area contributed by atoms with Crippen molar-refractivity contribution in [2.45, 2.75) is 26.4 Å². The fourth-order valence-corrected chi connectivity index (χ4v) is 2.70. The highest BCUT2D eigenvalue weighted by molar-refractivity contribution is 7.11. The number of benzene rings is 1. The summed E-state index contributed by atoms with van der Waals surface area (Å²) in [7, 11) is 1.50. The molecule has 1 heterocycles. The average molecular weight is 307 g/mol. The molecule has 0 saturated heterocycles. The van der Waals surface area contributed by atoms with Gasteiger partial charge in [-0.1, -0.05) is 0 Å². The van der Waals surface area contributed by atoms with Gasteiger partial charge in [-0.05, 0) is 25.5 Å². The highest BCUT2D eigenvalue weighted by atomic mass is 32.1. The number of aromatic nitrogens is 1. The first-order valence-electron chi connectivity index (χ1n) is 6.47. The summed E-state index contributed by atoms with van der Waals surface area (Å²) in [5, 5.41) is 15.2. The maximum absolute atomic E-state index is 10.9. The van der Waals surface area contributed by atoms with Crippen LogP contribution in [0.15, 0.2) is 24.4 Å². The molecule has 1 atom stereocenters. The van der Waals surface area contributed by atoms with Crippen LogP contribution in [-0.2, 0) is 6.54 Å². The molecule has 0 aliphatic heterocycles. The van der Waals surface area contributed by atoms with Crippen LogP contribution in [-0.4, -0.2) is 17.0 Å². The van der Waals surface area contributed by atoms with Crippen LogP contribution in [0.2, 0.25) is 0 Å². The van der Waals surface area contributed by atoms with Crippen molar-refractivity contribution in [1.29, 1.82) is 0 Å². The van der Waals surface area contributed by atoms with E-state index in [0.717, 1.165) is 15.4 Å². The molecule has 0 saturated carbocycles. The Labute approximate surface area is 126 Å². The maximum atomic E-state index is 10.9. The minimum absolute atomic E-state index is 0.0314. The Bertz CT molecular complexity index is 642. The smallest absolute Gasteiger partial charge is 0.273 e. The van der Waals surface area contributed by atoms with Gasteiger partial charge in [-0.2, -0.15) is 0 Å². The molecule has 1 N–H and O–H groups in total. The average Bonchev–Trinajstić information content (AvgIpc) is 2.91. The Kier molecular flexibility index (Phi) is 4.87. The highest BCUT2D eigenvalue weighted by Gasteiger charge is 2.12. The summed E-state index contributed by atoms with van der Waals surface area (Å²) in [6.07, 6.45) is 1.84. The van der Waals surface area contributed by atoms with E-state index in [1.807, 2.05) is 20.0 Å². The number of methoxy groups -OCH3 is 1. The summed E-state index contributed by atoms with van der Waals surface area (Å²) in [6, 6.07) is 4.85. The Morgan fingerprint density at radius 3 is 2.81 bits per heavy atom. The summed E-state index contributed by atoms with van der Waals surface area (Å²) < 4.78 is 5.10. The summed E-state index contributed by atoms with van der Waals surface area (Å²) in [5.41, 5.74) is 0.838. The van der Waals surface area contributed by atoms with E-state index < -0.39 is 4.92 Å². The Morgan fingerprint density at radius 2 is 2.24 bits per heavy atom. The number of nitrogens with one attached hydrogen (secondary N) is 1. The van der Waals surface area contributed by atoms with Crippen LogP contribution in [0.1, 0.15) is 28.4 Å². The lowest BCUT2D eigenvalue weighted by atomic mass is 10.1. The number of ether oxygens (including phenoxy) is 1. The Balaban J connectivity index is 2.08. The number of nitro groups is 1. The zero-order valence-electron chi connectivity index (χ0n) is 12.1. The first-order valence-corrected chi connectivity index (χ1v) is 7.29. The van der Waals surface area contributed by atoms with Crippen molar-refractivity contribution in [2.24, 2.45) is 0 Å². The summed E-state index contributed by atoms with van der Waals surface area (Å²) in [5.74, 6) is 0.485. The monoisotopic (exact) mass is 307 g/mol. The molecule has 6 nitrogen and oxygen atoms in total. The largest absolute Gasteiger partial charge is 0.496 e. The van der Waals surface area contributed by atoms with E-state index in [1.54, 1.807) is 23.5 Å². The molecule has 0 aliphatic rings. The van der Waals surface area contributed by atoms with E-state index in [1.165, 1.54) is 13.2 Å². The lowest BCUT2D eigenvalue weighted by molar-refractivity contribution is -0.385. The summed E-state index contributed by atoms with van der Waals surface area (Å²) >= 11 is 1.64. The van der Waals surface area contributed by atoms with Crippen molar-refractivity contribution < 1.29 is 9.66 Å². The number of hydrogen-bond donors (Lipinski definition) is 1. The first-order chi connectivity index (χ1) is 9.99. The standard InChI is InChI=1S/C14H17N3O3S/c1-9-7-16-14(21-9)10(2)15-8-11-4-12(17(18)19)6-13(5-11)20-3/h4-7,10,15H,8H2,1-3H3. The van der Waals surface area contributed by atoms with E-state index >= 15 is 0 Å². The summed E-state index contributed by atoms with van der Waals surface area (Å²) in [4.78, 5) is 16.0. The molecule has 1 unspecified atom stereocenters. The van der Waals surface area contributed by atoms with E-state index in [9.17, 15) is 10.1 Å². The van der Waals surface area contributed by atoms with Gasteiger partial charge < -0.3 is 10.1 Å². The molecule has 0 radical (unpaired) electrons. The summed E-state index contributed by atoms with van der Waals surface area (Å²) in [6.45, 7) is 4.55. The van der Waals surface area contributed by atoms with Crippen LogP contribution in [0.4, 0.5) is 5.69 Å².